The molecule has 1 N–H and O–H groups in total. The fourth-order valence-corrected chi connectivity index (χ4v) is 1.96. The lowest BCUT2D eigenvalue weighted by molar-refractivity contribution is 0.495. The summed E-state index contributed by atoms with van der Waals surface area (Å²) in [6.07, 6.45) is 0. The van der Waals surface area contributed by atoms with Crippen molar-refractivity contribution in [2.75, 3.05) is 5.32 Å². The summed E-state index contributed by atoms with van der Waals surface area (Å²) >= 11 is 6.36. The highest BCUT2D eigenvalue weighted by molar-refractivity contribution is 9.10. The molecule has 0 saturated carbocycles. The summed E-state index contributed by atoms with van der Waals surface area (Å²) in [6, 6.07) is 8.48. The van der Waals surface area contributed by atoms with Crippen LogP contribution in [0.2, 0.25) is 0 Å². The Morgan fingerprint density at radius 2 is 2.00 bits per heavy atom. The minimum Gasteiger partial charge on any atom is -0.452 e. The third-order valence-corrected chi connectivity index (χ3v) is 3.05. The molecule has 84 valence electrons. The Morgan fingerprint density at radius 1 is 1.19 bits per heavy atom. The molecule has 2 nitrogen and oxygen atoms in total. The van der Waals surface area contributed by atoms with Crippen LogP contribution in [0.15, 0.2) is 43.9 Å². The average molecular weight is 349 g/mol. The van der Waals surface area contributed by atoms with Gasteiger partial charge in [-0.1, -0.05) is 0 Å². The van der Waals surface area contributed by atoms with E-state index >= 15 is 0 Å². The van der Waals surface area contributed by atoms with Crippen molar-refractivity contribution in [2.24, 2.45) is 0 Å². The number of hydrogen-bond acceptors (Lipinski definition) is 2. The van der Waals surface area contributed by atoms with Crippen LogP contribution in [0.4, 0.5) is 10.1 Å². The van der Waals surface area contributed by atoms with Crippen LogP contribution in [-0.2, 0) is 6.54 Å². The van der Waals surface area contributed by atoms with Gasteiger partial charge in [0.05, 0.1) is 11.0 Å². The molecular formula is C11H8Br2FNO. The van der Waals surface area contributed by atoms with Gasteiger partial charge in [0.1, 0.15) is 11.6 Å². The highest BCUT2D eigenvalue weighted by atomic mass is 79.9. The van der Waals surface area contributed by atoms with E-state index in [1.54, 1.807) is 12.1 Å². The summed E-state index contributed by atoms with van der Waals surface area (Å²) in [6.45, 7) is 0.559. The second-order valence-electron chi connectivity index (χ2n) is 3.19. The molecule has 0 spiro atoms. The van der Waals surface area contributed by atoms with Gasteiger partial charge < -0.3 is 9.73 Å². The number of rotatable bonds is 3. The molecule has 1 aromatic heterocycles. The summed E-state index contributed by atoms with van der Waals surface area (Å²) in [7, 11) is 0. The monoisotopic (exact) mass is 347 g/mol. The quantitative estimate of drug-likeness (QED) is 0.879. The second kappa shape index (κ2) is 5.01. The minimum absolute atomic E-state index is 0.272. The van der Waals surface area contributed by atoms with Gasteiger partial charge >= 0.3 is 0 Å². The van der Waals surface area contributed by atoms with Gasteiger partial charge in [-0.25, -0.2) is 4.39 Å². The Hall–Kier alpha value is -0.810. The van der Waals surface area contributed by atoms with Crippen LogP contribution in [0.25, 0.3) is 0 Å². The molecule has 16 heavy (non-hydrogen) atoms. The van der Waals surface area contributed by atoms with Crippen molar-refractivity contribution in [1.82, 2.24) is 0 Å². The van der Waals surface area contributed by atoms with E-state index in [2.05, 4.69) is 37.2 Å². The van der Waals surface area contributed by atoms with Gasteiger partial charge in [-0.3, -0.25) is 0 Å². The Bertz CT molecular complexity index is 498. The number of anilines is 1. The number of halogens is 3. The lowest BCUT2D eigenvalue weighted by atomic mass is 10.3. The smallest absolute Gasteiger partial charge is 0.169 e. The number of hydrogen-bond donors (Lipinski definition) is 1. The van der Waals surface area contributed by atoms with Crippen molar-refractivity contribution in [3.63, 3.8) is 0 Å². The van der Waals surface area contributed by atoms with Crippen LogP contribution >= 0.6 is 31.9 Å². The van der Waals surface area contributed by atoms with Gasteiger partial charge in [0, 0.05) is 5.69 Å². The second-order valence-corrected chi connectivity index (χ2v) is 4.82. The molecule has 0 amide bonds. The third-order valence-electron chi connectivity index (χ3n) is 2.02. The largest absolute Gasteiger partial charge is 0.452 e. The first-order valence-electron chi connectivity index (χ1n) is 4.58. The first kappa shape index (κ1) is 11.7. The Kier molecular flexibility index (Phi) is 3.66. The number of nitrogens with one attached hydrogen (secondary N) is 1. The van der Waals surface area contributed by atoms with Crippen molar-refractivity contribution in [3.8, 4) is 0 Å². The topological polar surface area (TPSA) is 25.2 Å². The van der Waals surface area contributed by atoms with Crippen LogP contribution in [0, 0.1) is 5.82 Å². The molecular weight excluding hydrogens is 341 g/mol. The van der Waals surface area contributed by atoms with Crippen molar-refractivity contribution in [1.29, 1.82) is 0 Å². The molecule has 0 aliphatic heterocycles. The normalized spacial score (nSPS) is 10.4. The molecule has 0 atom stereocenters. The van der Waals surface area contributed by atoms with Gasteiger partial charge in [-0.15, -0.1) is 0 Å². The summed E-state index contributed by atoms with van der Waals surface area (Å²) in [5.41, 5.74) is 0.834. The molecule has 0 unspecified atom stereocenters. The van der Waals surface area contributed by atoms with Gasteiger partial charge in [0.25, 0.3) is 0 Å². The van der Waals surface area contributed by atoms with Gasteiger partial charge in [0.2, 0.25) is 0 Å². The van der Waals surface area contributed by atoms with Gasteiger partial charge in [0.15, 0.2) is 4.67 Å². The fourth-order valence-electron chi connectivity index (χ4n) is 1.24. The highest BCUT2D eigenvalue weighted by Gasteiger charge is 2.02. The molecule has 0 radical (unpaired) electrons. The van der Waals surface area contributed by atoms with Crippen molar-refractivity contribution < 1.29 is 8.81 Å². The Balaban J connectivity index is 2.02. The summed E-state index contributed by atoms with van der Waals surface area (Å²) in [5, 5.41) is 3.13. The van der Waals surface area contributed by atoms with Crippen LogP contribution in [0.5, 0.6) is 0 Å². The van der Waals surface area contributed by atoms with E-state index in [4.69, 9.17) is 4.42 Å². The zero-order valence-electron chi connectivity index (χ0n) is 8.14. The zero-order chi connectivity index (χ0) is 11.5. The molecule has 2 rings (SSSR count). The highest BCUT2D eigenvalue weighted by Crippen LogP contribution is 2.21. The molecule has 2 aromatic rings. The standard InChI is InChI=1S/C11H8Br2FNO/c12-9-5-7(1-3-10(9)14)15-6-8-2-4-11(13)16-8/h1-5,15H,6H2. The van der Waals surface area contributed by atoms with E-state index in [-0.39, 0.29) is 5.82 Å². The predicted octanol–water partition coefficient (Wildman–Crippen LogP) is 4.56. The van der Waals surface area contributed by atoms with E-state index in [0.29, 0.717) is 15.7 Å². The number of benzene rings is 1. The van der Waals surface area contributed by atoms with E-state index in [9.17, 15) is 4.39 Å². The molecule has 0 aliphatic carbocycles. The van der Waals surface area contributed by atoms with E-state index in [0.717, 1.165) is 11.4 Å². The van der Waals surface area contributed by atoms with Gasteiger partial charge in [-0.05, 0) is 62.2 Å². The Labute approximate surface area is 109 Å². The average Bonchev–Trinajstić information content (AvgIpc) is 2.66. The molecule has 1 aromatic carbocycles. The van der Waals surface area contributed by atoms with Crippen molar-refractivity contribution in [2.45, 2.75) is 6.54 Å². The molecule has 0 saturated heterocycles. The Morgan fingerprint density at radius 3 is 2.62 bits per heavy atom. The maximum atomic E-state index is 13.0. The summed E-state index contributed by atoms with van der Waals surface area (Å²) in [5.74, 6) is 0.540. The molecule has 0 bridgehead atoms. The molecule has 0 aliphatic rings. The molecule has 0 fully saturated rings. The van der Waals surface area contributed by atoms with Crippen LogP contribution in [0.3, 0.4) is 0 Å². The maximum Gasteiger partial charge on any atom is 0.169 e. The first-order valence-corrected chi connectivity index (χ1v) is 6.17. The third kappa shape index (κ3) is 2.86. The lowest BCUT2D eigenvalue weighted by Crippen LogP contribution is -1.98. The van der Waals surface area contributed by atoms with Crippen molar-refractivity contribution >= 4 is 37.5 Å². The van der Waals surface area contributed by atoms with E-state index in [1.165, 1.54) is 6.07 Å². The van der Waals surface area contributed by atoms with Crippen LogP contribution in [0.1, 0.15) is 5.76 Å². The first-order chi connectivity index (χ1) is 7.65. The lowest BCUT2D eigenvalue weighted by Gasteiger charge is -2.05. The molecule has 5 heteroatoms. The fraction of sp³-hybridized carbons (Fsp3) is 0.0909. The van der Waals surface area contributed by atoms with Crippen molar-refractivity contribution in [3.05, 3.63) is 51.1 Å². The molecule has 1 heterocycles. The van der Waals surface area contributed by atoms with E-state index < -0.39 is 0 Å². The zero-order valence-corrected chi connectivity index (χ0v) is 11.3. The van der Waals surface area contributed by atoms with Crippen LogP contribution in [-0.4, -0.2) is 0 Å². The van der Waals surface area contributed by atoms with Gasteiger partial charge in [-0.2, -0.15) is 0 Å². The predicted molar refractivity (Wildman–Crippen MR) is 67.8 cm³/mol. The maximum absolute atomic E-state index is 13.0. The van der Waals surface area contributed by atoms with E-state index in [1.807, 2.05) is 12.1 Å². The van der Waals surface area contributed by atoms with Crippen LogP contribution < -0.4 is 5.32 Å². The SMILES string of the molecule is Fc1ccc(NCc2ccc(Br)o2)cc1Br. The summed E-state index contributed by atoms with van der Waals surface area (Å²) < 4.78 is 19.4. The summed E-state index contributed by atoms with van der Waals surface area (Å²) in [4.78, 5) is 0. The minimum atomic E-state index is -0.272. The number of furan rings is 1.